The number of piperidine rings is 1. The Morgan fingerprint density at radius 3 is 2.85 bits per heavy atom. The van der Waals surface area contributed by atoms with E-state index in [2.05, 4.69) is 24.5 Å². The van der Waals surface area contributed by atoms with E-state index in [0.717, 1.165) is 32.4 Å². The van der Waals surface area contributed by atoms with Crippen molar-refractivity contribution in [2.24, 2.45) is 17.8 Å². The summed E-state index contributed by atoms with van der Waals surface area (Å²) in [4.78, 5) is 12.0. The maximum Gasteiger partial charge on any atom is 0.220 e. The number of aliphatic hydroxyl groups excluding tert-OH is 1. The van der Waals surface area contributed by atoms with Gasteiger partial charge in [-0.05, 0) is 56.5 Å². The first kappa shape index (κ1) is 17.4. The van der Waals surface area contributed by atoms with E-state index in [9.17, 15) is 4.79 Å². The SMILES string of the molecule is CCCC(CCO)CNC(=O)CC(C)C1CCCNC1. The van der Waals surface area contributed by atoms with Crippen LogP contribution in [0.2, 0.25) is 0 Å². The van der Waals surface area contributed by atoms with Crippen LogP contribution >= 0.6 is 0 Å². The molecule has 0 aromatic rings. The molecule has 4 nitrogen and oxygen atoms in total. The van der Waals surface area contributed by atoms with E-state index in [1.54, 1.807) is 0 Å². The molecular weight excluding hydrogens is 252 g/mol. The van der Waals surface area contributed by atoms with E-state index in [0.29, 0.717) is 30.7 Å². The van der Waals surface area contributed by atoms with Gasteiger partial charge in [-0.3, -0.25) is 4.79 Å². The molecule has 0 aromatic heterocycles. The molecule has 118 valence electrons. The number of nitrogens with one attached hydrogen (secondary N) is 2. The van der Waals surface area contributed by atoms with Gasteiger partial charge in [0.2, 0.25) is 5.91 Å². The Labute approximate surface area is 123 Å². The van der Waals surface area contributed by atoms with Crippen LogP contribution in [0.5, 0.6) is 0 Å². The van der Waals surface area contributed by atoms with Crippen molar-refractivity contribution in [1.29, 1.82) is 0 Å². The summed E-state index contributed by atoms with van der Waals surface area (Å²) in [5, 5.41) is 15.5. The number of rotatable bonds is 9. The van der Waals surface area contributed by atoms with Crippen LogP contribution in [0.4, 0.5) is 0 Å². The molecule has 0 aliphatic carbocycles. The first-order valence-electron chi connectivity index (χ1n) is 8.25. The van der Waals surface area contributed by atoms with E-state index in [4.69, 9.17) is 5.11 Å². The fourth-order valence-electron chi connectivity index (χ4n) is 3.09. The van der Waals surface area contributed by atoms with E-state index in [1.807, 2.05) is 0 Å². The summed E-state index contributed by atoms with van der Waals surface area (Å²) in [5.41, 5.74) is 0. The molecule has 3 atom stereocenters. The van der Waals surface area contributed by atoms with Gasteiger partial charge in [0, 0.05) is 19.6 Å². The number of hydrogen-bond acceptors (Lipinski definition) is 3. The van der Waals surface area contributed by atoms with Crippen molar-refractivity contribution in [3.05, 3.63) is 0 Å². The zero-order valence-electron chi connectivity index (χ0n) is 13.2. The summed E-state index contributed by atoms with van der Waals surface area (Å²) >= 11 is 0. The Bertz CT molecular complexity index is 259. The van der Waals surface area contributed by atoms with Gasteiger partial charge in [-0.25, -0.2) is 0 Å². The number of amides is 1. The highest BCUT2D eigenvalue weighted by Crippen LogP contribution is 2.22. The number of hydrogen-bond donors (Lipinski definition) is 3. The van der Waals surface area contributed by atoms with Gasteiger partial charge in [-0.15, -0.1) is 0 Å². The quantitative estimate of drug-likeness (QED) is 0.606. The Kier molecular flexibility index (Phi) is 8.86. The minimum Gasteiger partial charge on any atom is -0.396 e. The molecule has 0 saturated carbocycles. The second-order valence-electron chi connectivity index (χ2n) is 6.26. The molecule has 1 fully saturated rings. The van der Waals surface area contributed by atoms with Crippen LogP contribution in [-0.2, 0) is 4.79 Å². The highest BCUT2D eigenvalue weighted by molar-refractivity contribution is 5.76. The molecule has 0 bridgehead atoms. The predicted molar refractivity (Wildman–Crippen MR) is 82.5 cm³/mol. The summed E-state index contributed by atoms with van der Waals surface area (Å²) in [5.74, 6) is 1.67. The Morgan fingerprint density at radius 2 is 2.25 bits per heavy atom. The Morgan fingerprint density at radius 1 is 1.45 bits per heavy atom. The molecule has 1 amide bonds. The van der Waals surface area contributed by atoms with Gasteiger partial charge < -0.3 is 15.7 Å². The third-order valence-electron chi connectivity index (χ3n) is 4.47. The average Bonchev–Trinajstić information content (AvgIpc) is 2.46. The first-order chi connectivity index (χ1) is 9.67. The van der Waals surface area contributed by atoms with E-state index in [1.165, 1.54) is 12.8 Å². The Hall–Kier alpha value is -0.610. The topological polar surface area (TPSA) is 61.4 Å². The third-order valence-corrected chi connectivity index (χ3v) is 4.47. The molecule has 1 aliphatic heterocycles. The van der Waals surface area contributed by atoms with Crippen LogP contribution in [0.1, 0.15) is 52.4 Å². The second kappa shape index (κ2) is 10.2. The van der Waals surface area contributed by atoms with Gasteiger partial charge in [-0.2, -0.15) is 0 Å². The second-order valence-corrected chi connectivity index (χ2v) is 6.26. The van der Waals surface area contributed by atoms with Gasteiger partial charge >= 0.3 is 0 Å². The fourth-order valence-corrected chi connectivity index (χ4v) is 3.09. The van der Waals surface area contributed by atoms with Crippen molar-refractivity contribution in [3.8, 4) is 0 Å². The number of carbonyl (C=O) groups is 1. The number of aliphatic hydroxyl groups is 1. The average molecular weight is 284 g/mol. The largest absolute Gasteiger partial charge is 0.396 e. The lowest BCUT2D eigenvalue weighted by atomic mass is 9.85. The standard InChI is InChI=1S/C16H32N2O2/c1-3-5-14(7-9-19)11-18-16(20)10-13(2)15-6-4-8-17-12-15/h13-15,17,19H,3-12H2,1-2H3,(H,18,20). The van der Waals surface area contributed by atoms with Gasteiger partial charge in [-0.1, -0.05) is 20.3 Å². The van der Waals surface area contributed by atoms with E-state index in [-0.39, 0.29) is 12.5 Å². The van der Waals surface area contributed by atoms with Crippen molar-refractivity contribution in [1.82, 2.24) is 10.6 Å². The molecule has 1 aliphatic rings. The minimum absolute atomic E-state index is 0.169. The third kappa shape index (κ3) is 6.71. The summed E-state index contributed by atoms with van der Waals surface area (Å²) in [6.07, 6.45) is 6.06. The molecule has 0 spiro atoms. The van der Waals surface area contributed by atoms with Crippen LogP contribution in [0.15, 0.2) is 0 Å². The summed E-state index contributed by atoms with van der Waals surface area (Å²) in [6.45, 7) is 7.43. The summed E-state index contributed by atoms with van der Waals surface area (Å²) in [6, 6.07) is 0. The molecule has 1 rings (SSSR count). The summed E-state index contributed by atoms with van der Waals surface area (Å²) < 4.78 is 0. The molecule has 3 unspecified atom stereocenters. The lowest BCUT2D eigenvalue weighted by Crippen LogP contribution is -2.36. The predicted octanol–water partition coefficient (Wildman–Crippen LogP) is 1.93. The van der Waals surface area contributed by atoms with Gasteiger partial charge in [0.15, 0.2) is 0 Å². The van der Waals surface area contributed by atoms with Crippen LogP contribution < -0.4 is 10.6 Å². The van der Waals surface area contributed by atoms with Crippen molar-refractivity contribution >= 4 is 5.91 Å². The van der Waals surface area contributed by atoms with Crippen molar-refractivity contribution in [3.63, 3.8) is 0 Å². The highest BCUT2D eigenvalue weighted by Gasteiger charge is 2.22. The number of carbonyl (C=O) groups excluding carboxylic acids is 1. The molecule has 4 heteroatoms. The molecular formula is C16H32N2O2. The normalized spacial score (nSPS) is 22.2. The lowest BCUT2D eigenvalue weighted by Gasteiger charge is -2.28. The zero-order chi connectivity index (χ0) is 14.8. The Balaban J connectivity index is 2.23. The molecule has 20 heavy (non-hydrogen) atoms. The first-order valence-corrected chi connectivity index (χ1v) is 8.25. The maximum atomic E-state index is 12.0. The minimum atomic E-state index is 0.169. The maximum absolute atomic E-state index is 12.0. The van der Waals surface area contributed by atoms with Crippen LogP contribution in [0, 0.1) is 17.8 Å². The van der Waals surface area contributed by atoms with Crippen LogP contribution in [-0.4, -0.2) is 37.3 Å². The van der Waals surface area contributed by atoms with E-state index < -0.39 is 0 Å². The van der Waals surface area contributed by atoms with Crippen molar-refractivity contribution < 1.29 is 9.90 Å². The molecule has 0 radical (unpaired) electrons. The van der Waals surface area contributed by atoms with E-state index >= 15 is 0 Å². The van der Waals surface area contributed by atoms with Gasteiger partial charge in [0.1, 0.15) is 0 Å². The van der Waals surface area contributed by atoms with Gasteiger partial charge in [0.25, 0.3) is 0 Å². The van der Waals surface area contributed by atoms with Gasteiger partial charge in [0.05, 0.1) is 0 Å². The lowest BCUT2D eigenvalue weighted by molar-refractivity contribution is -0.122. The van der Waals surface area contributed by atoms with Crippen LogP contribution in [0.3, 0.4) is 0 Å². The smallest absolute Gasteiger partial charge is 0.220 e. The van der Waals surface area contributed by atoms with Crippen molar-refractivity contribution in [2.75, 3.05) is 26.2 Å². The molecule has 1 heterocycles. The monoisotopic (exact) mass is 284 g/mol. The van der Waals surface area contributed by atoms with Crippen LogP contribution in [0.25, 0.3) is 0 Å². The molecule has 3 N–H and O–H groups in total. The summed E-state index contributed by atoms with van der Waals surface area (Å²) in [7, 11) is 0. The zero-order valence-corrected chi connectivity index (χ0v) is 13.2. The highest BCUT2D eigenvalue weighted by atomic mass is 16.3. The fraction of sp³-hybridized carbons (Fsp3) is 0.938. The van der Waals surface area contributed by atoms with Crippen molar-refractivity contribution in [2.45, 2.75) is 52.4 Å². The molecule has 0 aromatic carbocycles. The molecule has 1 saturated heterocycles.